The fourth-order valence-corrected chi connectivity index (χ4v) is 8.56. The Kier molecular flexibility index (Phi) is 7.79. The van der Waals surface area contributed by atoms with Crippen LogP contribution in [0.3, 0.4) is 0 Å². The third kappa shape index (κ3) is 4.82. The number of pyridine rings is 1. The largest absolute Gasteiger partial charge is 0.505 e. The zero-order valence-electron chi connectivity index (χ0n) is 26.0. The Morgan fingerprint density at radius 1 is 0.920 bits per heavy atom. The molecule has 3 heterocycles. The molecule has 0 bridgehead atoms. The topological polar surface area (TPSA) is 111 Å². The van der Waals surface area contributed by atoms with E-state index in [1.807, 2.05) is 0 Å². The third-order valence-corrected chi connectivity index (χ3v) is 11.0. The first-order valence-corrected chi connectivity index (χ1v) is 16.1. The van der Waals surface area contributed by atoms with Crippen molar-refractivity contribution < 1.29 is 46.2 Å². The van der Waals surface area contributed by atoms with Crippen LogP contribution in [0.1, 0.15) is 36.9 Å². The van der Waals surface area contributed by atoms with Crippen molar-refractivity contribution in [2.24, 2.45) is 29.1 Å². The van der Waals surface area contributed by atoms with E-state index < -0.39 is 93.7 Å². The van der Waals surface area contributed by atoms with Crippen molar-refractivity contribution in [3.05, 3.63) is 93.1 Å². The number of aromatic nitrogens is 1. The van der Waals surface area contributed by atoms with Gasteiger partial charge in [0.1, 0.15) is 11.5 Å². The molecular weight excluding hydrogens is 710 g/mol. The average Bonchev–Trinajstić information content (AvgIpc) is 3.42. The normalized spacial score (nSPS) is 27.7. The summed E-state index contributed by atoms with van der Waals surface area (Å²) in [7, 11) is 1.18. The molecule has 2 aromatic carbocycles. The van der Waals surface area contributed by atoms with Crippen LogP contribution in [0.15, 0.2) is 60.2 Å². The summed E-state index contributed by atoms with van der Waals surface area (Å²) in [5.74, 6) is -11.0. The van der Waals surface area contributed by atoms with Gasteiger partial charge in [0.25, 0.3) is 11.8 Å². The minimum absolute atomic E-state index is 0.00197. The van der Waals surface area contributed by atoms with Crippen LogP contribution in [-0.4, -0.2) is 45.8 Å². The van der Waals surface area contributed by atoms with Crippen molar-refractivity contribution in [2.75, 3.05) is 17.0 Å². The van der Waals surface area contributed by atoms with E-state index in [9.17, 15) is 46.2 Å². The first-order valence-electron chi connectivity index (χ1n) is 15.3. The Morgan fingerprint density at radius 3 is 2.30 bits per heavy atom. The molecular formula is C34H25Cl2F5N4O5. The zero-order chi connectivity index (χ0) is 36.2. The molecule has 2 aliphatic carbocycles. The van der Waals surface area contributed by atoms with E-state index in [1.165, 1.54) is 19.2 Å². The molecule has 0 unspecified atom stereocenters. The predicted octanol–water partition coefficient (Wildman–Crippen LogP) is 6.67. The zero-order valence-corrected chi connectivity index (χ0v) is 27.5. The van der Waals surface area contributed by atoms with Crippen LogP contribution in [0, 0.1) is 40.7 Å². The summed E-state index contributed by atoms with van der Waals surface area (Å²) in [5, 5.41) is 10.9. The molecule has 3 fully saturated rings. The van der Waals surface area contributed by atoms with Gasteiger partial charge in [-0.15, -0.1) is 0 Å². The van der Waals surface area contributed by atoms with Gasteiger partial charge in [0.05, 0.1) is 38.9 Å². The number of anilines is 2. The highest BCUT2D eigenvalue weighted by molar-refractivity contribution is 6.33. The number of phenols is 1. The molecule has 2 saturated heterocycles. The number of imide groups is 2. The summed E-state index contributed by atoms with van der Waals surface area (Å²) in [6, 6.07) is 8.51. The summed E-state index contributed by atoms with van der Waals surface area (Å²) in [6.45, 7) is 1.55. The van der Waals surface area contributed by atoms with Gasteiger partial charge in [0, 0.05) is 13.0 Å². The number of amides is 4. The Morgan fingerprint density at radius 2 is 1.64 bits per heavy atom. The van der Waals surface area contributed by atoms with E-state index in [4.69, 9.17) is 23.2 Å². The van der Waals surface area contributed by atoms with E-state index in [0.717, 1.165) is 40.2 Å². The lowest BCUT2D eigenvalue weighted by Gasteiger charge is -2.49. The molecule has 50 heavy (non-hydrogen) atoms. The lowest BCUT2D eigenvalue weighted by molar-refractivity contribution is -0.141. The van der Waals surface area contributed by atoms with Crippen molar-refractivity contribution in [1.29, 1.82) is 0 Å². The van der Waals surface area contributed by atoms with Gasteiger partial charge < -0.3 is 5.11 Å². The standard InChI is InChI=1S/C34H25Cl2F5N4O5/c1-33-19(30(48)44(32(33)50)15-4-8-22(37)21(36)12-15)13-18-16(27(33)14-3-9-24(46)23(38)11-14)5-6-17-26(18)31(49)45(29(17)47)43(2)28-20(35)7-10-25(42-28)34(39,40)41/h3-5,7-12,17-19,26-27,46H,6,13H2,1-2H3/t17-,18+,19-,26-,27-,33+/m0/s1. The number of aromatic hydroxyl groups is 1. The van der Waals surface area contributed by atoms with Crippen LogP contribution < -0.4 is 9.91 Å². The second-order valence-electron chi connectivity index (χ2n) is 13.0. The third-order valence-electron chi connectivity index (χ3n) is 10.4. The number of carbonyl (C=O) groups is 4. The highest BCUT2D eigenvalue weighted by atomic mass is 35.5. The van der Waals surface area contributed by atoms with Crippen molar-refractivity contribution >= 4 is 58.3 Å². The van der Waals surface area contributed by atoms with E-state index in [1.54, 1.807) is 13.0 Å². The van der Waals surface area contributed by atoms with Crippen LogP contribution in [0.5, 0.6) is 5.75 Å². The fraction of sp³-hybridized carbons (Fsp3) is 0.324. The van der Waals surface area contributed by atoms with Gasteiger partial charge in [0.15, 0.2) is 17.4 Å². The number of fused-ring (bicyclic) bond motifs is 4. The molecule has 16 heteroatoms. The first kappa shape index (κ1) is 33.9. The molecule has 3 aromatic rings. The van der Waals surface area contributed by atoms with Gasteiger partial charge in [-0.05, 0) is 73.7 Å². The molecule has 1 aromatic heterocycles. The summed E-state index contributed by atoms with van der Waals surface area (Å²) in [5.41, 5.74) is -2.17. The average molecular weight is 735 g/mol. The second kappa shape index (κ2) is 11.5. The number of allylic oxidation sites excluding steroid dienone is 2. The van der Waals surface area contributed by atoms with Crippen LogP contribution in [0.4, 0.5) is 33.5 Å². The predicted molar refractivity (Wildman–Crippen MR) is 169 cm³/mol. The lowest BCUT2D eigenvalue weighted by atomic mass is 9.51. The molecule has 260 valence electrons. The fourth-order valence-electron chi connectivity index (χ4n) is 8.16. The smallest absolute Gasteiger partial charge is 0.433 e. The Bertz CT molecular complexity index is 2060. The monoisotopic (exact) mass is 734 g/mol. The Labute approximate surface area is 290 Å². The number of benzene rings is 2. The number of halogens is 7. The van der Waals surface area contributed by atoms with Crippen molar-refractivity contribution in [3.63, 3.8) is 0 Å². The van der Waals surface area contributed by atoms with Crippen molar-refractivity contribution in [1.82, 2.24) is 9.99 Å². The first-order chi connectivity index (χ1) is 23.5. The molecule has 6 atom stereocenters. The summed E-state index contributed by atoms with van der Waals surface area (Å²) in [4.78, 5) is 61.2. The summed E-state index contributed by atoms with van der Waals surface area (Å²) >= 11 is 12.2. The number of carbonyl (C=O) groups excluding carboxylic acids is 4. The summed E-state index contributed by atoms with van der Waals surface area (Å²) in [6.07, 6.45) is -3.29. The molecule has 4 aliphatic rings. The van der Waals surface area contributed by atoms with Crippen LogP contribution in [0.25, 0.3) is 0 Å². The maximum atomic E-state index is 14.9. The maximum Gasteiger partial charge on any atom is 0.433 e. The van der Waals surface area contributed by atoms with Crippen LogP contribution in [0.2, 0.25) is 10.0 Å². The van der Waals surface area contributed by atoms with Gasteiger partial charge >= 0.3 is 6.18 Å². The lowest BCUT2D eigenvalue weighted by Crippen LogP contribution is -2.49. The highest BCUT2D eigenvalue weighted by Gasteiger charge is 2.68. The maximum absolute atomic E-state index is 14.9. The van der Waals surface area contributed by atoms with Gasteiger partial charge in [-0.1, -0.05) is 40.9 Å². The molecule has 0 radical (unpaired) electrons. The Hall–Kier alpha value is -4.56. The second-order valence-corrected chi connectivity index (χ2v) is 13.8. The number of phenolic OH excluding ortho intramolecular Hbond substituents is 1. The number of hydrazine groups is 1. The molecule has 2 aliphatic heterocycles. The SMILES string of the molecule is CN(c1nc(C(F)(F)F)ccc1Cl)N1C(=O)[C@H]2[C@H](CC=C3[C@H]2C[C@H]2C(=O)N(c4ccc(F)c(Cl)c4)C(=O)[C@@]2(C)[C@H]3c2ccc(O)c(F)c2)C1=O. The number of hydrogen-bond acceptors (Lipinski definition) is 7. The molecule has 4 amide bonds. The van der Waals surface area contributed by atoms with Crippen molar-refractivity contribution in [2.45, 2.75) is 31.9 Å². The van der Waals surface area contributed by atoms with E-state index >= 15 is 0 Å². The van der Waals surface area contributed by atoms with E-state index in [0.29, 0.717) is 16.6 Å². The number of alkyl halides is 3. The quantitative estimate of drug-likeness (QED) is 0.181. The number of hydrogen-bond donors (Lipinski definition) is 1. The van der Waals surface area contributed by atoms with E-state index in [-0.39, 0.29) is 34.1 Å². The Balaban J connectivity index is 1.33. The van der Waals surface area contributed by atoms with Gasteiger partial charge in [-0.2, -0.15) is 18.2 Å². The molecule has 1 saturated carbocycles. The molecule has 1 N–H and O–H groups in total. The molecule has 7 rings (SSSR count). The highest BCUT2D eigenvalue weighted by Crippen LogP contribution is 2.64. The number of rotatable bonds is 4. The van der Waals surface area contributed by atoms with Crippen LogP contribution >= 0.6 is 23.2 Å². The van der Waals surface area contributed by atoms with Gasteiger partial charge in [-0.25, -0.2) is 18.7 Å². The minimum atomic E-state index is -4.85. The van der Waals surface area contributed by atoms with Crippen LogP contribution in [-0.2, 0) is 25.4 Å². The van der Waals surface area contributed by atoms with Crippen molar-refractivity contribution in [3.8, 4) is 5.75 Å². The minimum Gasteiger partial charge on any atom is -0.505 e. The molecule has 9 nitrogen and oxygen atoms in total. The van der Waals surface area contributed by atoms with Gasteiger partial charge in [0.2, 0.25) is 11.8 Å². The molecule has 0 spiro atoms. The van der Waals surface area contributed by atoms with Gasteiger partial charge in [-0.3, -0.25) is 24.2 Å². The summed E-state index contributed by atoms with van der Waals surface area (Å²) < 4.78 is 69.5. The number of nitrogens with zero attached hydrogens (tertiary/aromatic N) is 4. The van der Waals surface area contributed by atoms with E-state index in [2.05, 4.69) is 4.98 Å².